The van der Waals surface area contributed by atoms with Gasteiger partial charge in [0, 0.05) is 6.20 Å². The predicted octanol–water partition coefficient (Wildman–Crippen LogP) is 1.56. The van der Waals surface area contributed by atoms with Gasteiger partial charge in [0.15, 0.2) is 0 Å². The molecule has 1 rings (SSSR count). The lowest BCUT2D eigenvalue weighted by Crippen LogP contribution is -1.85. The molecule has 1 radical (unpaired) electrons. The maximum atomic E-state index is 4.73. The van der Waals surface area contributed by atoms with Crippen LogP contribution in [0.1, 0.15) is 5.69 Å². The van der Waals surface area contributed by atoms with Gasteiger partial charge in [0.1, 0.15) is 12.9 Å². The quantitative estimate of drug-likeness (QED) is 0.564. The number of aryl methyl sites for hydroxylation is 1. The fourth-order valence-electron chi connectivity index (χ4n) is 0.622. The largest absolute Gasteiger partial charge is 0.488 e. The summed E-state index contributed by atoms with van der Waals surface area (Å²) in [5.41, 5.74) is 0.868. The third kappa shape index (κ3) is 1.19. The Morgan fingerprint density at radius 3 is 2.89 bits per heavy atom. The number of pyridine rings is 1. The lowest BCUT2D eigenvalue weighted by molar-refractivity contribution is 0.466. The summed E-state index contributed by atoms with van der Waals surface area (Å²) in [4.78, 5) is 3.98. The Balaban J connectivity index is 3.01. The van der Waals surface area contributed by atoms with Crippen LogP contribution in [0.4, 0.5) is 0 Å². The van der Waals surface area contributed by atoms with E-state index in [0.29, 0.717) is 0 Å². The molecule has 0 atom stereocenters. The topological polar surface area (TPSA) is 22.1 Å². The molecule has 0 amide bonds. The summed E-state index contributed by atoms with van der Waals surface area (Å²) in [7, 11) is 3.28. The molecule has 0 aromatic carbocycles. The summed E-state index contributed by atoms with van der Waals surface area (Å²) in [5.74, 6) is 0.734. The molecule has 0 aliphatic carbocycles. The predicted molar refractivity (Wildman–Crippen MR) is 35.0 cm³/mol. The van der Waals surface area contributed by atoms with Gasteiger partial charge in [-0.25, -0.2) is 0 Å². The minimum Gasteiger partial charge on any atom is -0.488 e. The van der Waals surface area contributed by atoms with Crippen molar-refractivity contribution in [2.24, 2.45) is 0 Å². The second kappa shape index (κ2) is 2.49. The number of ether oxygens (including phenoxy) is 1. The van der Waals surface area contributed by atoms with Crippen LogP contribution in [-0.2, 0) is 0 Å². The van der Waals surface area contributed by atoms with Crippen LogP contribution in [0.5, 0.6) is 5.75 Å². The van der Waals surface area contributed by atoms with Gasteiger partial charge in [0.05, 0.1) is 5.69 Å². The van der Waals surface area contributed by atoms with Crippen LogP contribution in [0.25, 0.3) is 0 Å². The van der Waals surface area contributed by atoms with Crippen molar-refractivity contribution in [2.75, 3.05) is 0 Å². The summed E-state index contributed by atoms with van der Waals surface area (Å²) in [6, 6.07) is 3.64. The number of hydrogen-bond donors (Lipinski definition) is 0. The highest BCUT2D eigenvalue weighted by Gasteiger charge is 1.92. The Morgan fingerprint density at radius 1 is 1.67 bits per heavy atom. The van der Waals surface area contributed by atoms with Crippen LogP contribution in [-0.4, -0.2) is 4.98 Å². The minimum atomic E-state index is 0.734. The first-order valence-corrected chi connectivity index (χ1v) is 2.68. The van der Waals surface area contributed by atoms with Gasteiger partial charge in [0.25, 0.3) is 0 Å². The van der Waals surface area contributed by atoms with E-state index in [4.69, 9.17) is 4.74 Å². The highest BCUT2D eigenvalue weighted by Crippen LogP contribution is 2.11. The lowest BCUT2D eigenvalue weighted by atomic mass is 10.3. The average Bonchev–Trinajstić information content (AvgIpc) is 1.89. The molecule has 1 aromatic rings. The first kappa shape index (κ1) is 6.08. The number of hydrogen-bond acceptors (Lipinski definition) is 2. The molecule has 9 heavy (non-hydrogen) atoms. The van der Waals surface area contributed by atoms with Crippen LogP contribution in [0.3, 0.4) is 0 Å². The van der Waals surface area contributed by atoms with Crippen LogP contribution in [0, 0.1) is 14.0 Å². The van der Waals surface area contributed by atoms with Crippen LogP contribution < -0.4 is 4.74 Å². The molecule has 2 nitrogen and oxygen atoms in total. The first-order valence-electron chi connectivity index (χ1n) is 2.68. The Kier molecular flexibility index (Phi) is 1.68. The van der Waals surface area contributed by atoms with E-state index in [1.807, 2.05) is 19.1 Å². The highest BCUT2D eigenvalue weighted by molar-refractivity contribution is 5.25. The normalized spacial score (nSPS) is 9.11. The maximum absolute atomic E-state index is 4.73. The van der Waals surface area contributed by atoms with E-state index >= 15 is 0 Å². The monoisotopic (exact) mass is 122 g/mol. The Morgan fingerprint density at radius 2 is 2.44 bits per heavy atom. The summed E-state index contributed by atoms with van der Waals surface area (Å²) >= 11 is 0. The van der Waals surface area contributed by atoms with Crippen molar-refractivity contribution in [1.29, 1.82) is 0 Å². The average molecular weight is 122 g/mol. The van der Waals surface area contributed by atoms with Crippen LogP contribution in [0.15, 0.2) is 18.3 Å². The molecule has 0 spiro atoms. The molecular formula is C7H8NO. The minimum absolute atomic E-state index is 0.734. The van der Waals surface area contributed by atoms with Crippen LogP contribution in [0.2, 0.25) is 0 Å². The summed E-state index contributed by atoms with van der Waals surface area (Å²) < 4.78 is 4.73. The van der Waals surface area contributed by atoms with E-state index in [2.05, 4.69) is 12.1 Å². The Hall–Kier alpha value is -1.05. The second-order valence-electron chi connectivity index (χ2n) is 1.73. The molecule has 0 fully saturated rings. The maximum Gasteiger partial charge on any atom is 0.140 e. The zero-order valence-electron chi connectivity index (χ0n) is 5.29. The summed E-state index contributed by atoms with van der Waals surface area (Å²) in [6.45, 7) is 1.88. The molecule has 0 unspecified atom stereocenters. The van der Waals surface area contributed by atoms with E-state index in [0.717, 1.165) is 11.4 Å². The van der Waals surface area contributed by atoms with E-state index in [-0.39, 0.29) is 0 Å². The Labute approximate surface area is 54.5 Å². The van der Waals surface area contributed by atoms with E-state index < -0.39 is 0 Å². The van der Waals surface area contributed by atoms with Gasteiger partial charge in [-0.3, -0.25) is 4.98 Å². The smallest absolute Gasteiger partial charge is 0.140 e. The molecule has 47 valence electrons. The highest BCUT2D eigenvalue weighted by atomic mass is 16.5. The van der Waals surface area contributed by atoms with Crippen molar-refractivity contribution < 1.29 is 4.74 Å². The van der Waals surface area contributed by atoms with Crippen molar-refractivity contribution in [3.63, 3.8) is 0 Å². The van der Waals surface area contributed by atoms with Gasteiger partial charge in [-0.05, 0) is 19.1 Å². The van der Waals surface area contributed by atoms with Crippen molar-refractivity contribution in [3.05, 3.63) is 31.1 Å². The number of nitrogens with zero attached hydrogens (tertiary/aromatic N) is 1. The lowest BCUT2D eigenvalue weighted by Gasteiger charge is -1.99. The Bertz CT molecular complexity index is 198. The molecule has 0 aliphatic heterocycles. The van der Waals surface area contributed by atoms with Crippen molar-refractivity contribution in [1.82, 2.24) is 4.98 Å². The first-order chi connectivity index (χ1) is 4.34. The third-order valence-electron chi connectivity index (χ3n) is 1.11. The van der Waals surface area contributed by atoms with E-state index in [1.165, 1.54) is 0 Å². The van der Waals surface area contributed by atoms with Crippen molar-refractivity contribution in [2.45, 2.75) is 6.92 Å². The SMILES string of the molecule is [CH2]Oc1cccnc1C. The number of rotatable bonds is 1. The van der Waals surface area contributed by atoms with E-state index in [9.17, 15) is 0 Å². The fourth-order valence-corrected chi connectivity index (χ4v) is 0.622. The summed E-state index contributed by atoms with van der Waals surface area (Å²) in [5, 5.41) is 0. The van der Waals surface area contributed by atoms with Gasteiger partial charge >= 0.3 is 0 Å². The molecule has 0 aliphatic rings. The zero-order valence-corrected chi connectivity index (χ0v) is 5.29. The molecule has 1 heterocycles. The fraction of sp³-hybridized carbons (Fsp3) is 0.143. The van der Waals surface area contributed by atoms with Gasteiger partial charge in [-0.2, -0.15) is 0 Å². The van der Waals surface area contributed by atoms with Gasteiger partial charge in [-0.15, -0.1) is 0 Å². The molecule has 0 saturated heterocycles. The van der Waals surface area contributed by atoms with Gasteiger partial charge < -0.3 is 4.74 Å². The van der Waals surface area contributed by atoms with Crippen LogP contribution >= 0.6 is 0 Å². The third-order valence-corrected chi connectivity index (χ3v) is 1.11. The standard InChI is InChI=1S/C7H8NO/c1-6-7(9-2)4-3-5-8-6/h3-5H,2H2,1H3. The van der Waals surface area contributed by atoms with Gasteiger partial charge in [0.2, 0.25) is 0 Å². The second-order valence-corrected chi connectivity index (χ2v) is 1.73. The molecule has 1 aromatic heterocycles. The van der Waals surface area contributed by atoms with Gasteiger partial charge in [-0.1, -0.05) is 0 Å². The zero-order chi connectivity index (χ0) is 6.69. The molecule has 2 heteroatoms. The number of aromatic nitrogens is 1. The molecule has 0 bridgehead atoms. The van der Waals surface area contributed by atoms with Crippen molar-refractivity contribution >= 4 is 0 Å². The van der Waals surface area contributed by atoms with Crippen molar-refractivity contribution in [3.8, 4) is 5.75 Å². The molecular weight excluding hydrogens is 114 g/mol. The molecule has 0 saturated carbocycles. The molecule has 0 N–H and O–H groups in total. The summed E-state index contributed by atoms with van der Waals surface area (Å²) in [6.07, 6.45) is 1.72. The van der Waals surface area contributed by atoms with E-state index in [1.54, 1.807) is 6.20 Å².